The molecule has 0 fully saturated rings. The predicted octanol–water partition coefficient (Wildman–Crippen LogP) is 4.25. The molecule has 2 heterocycles. The first-order valence-electron chi connectivity index (χ1n) is 11.7. The molecule has 0 saturated carbocycles. The Morgan fingerprint density at radius 3 is 2.62 bits per heavy atom. The van der Waals surface area contributed by atoms with Gasteiger partial charge >= 0.3 is 0 Å². The lowest BCUT2D eigenvalue weighted by atomic mass is 10.0. The van der Waals surface area contributed by atoms with Gasteiger partial charge in [-0.2, -0.15) is 4.31 Å². The Kier molecular flexibility index (Phi) is 9.09. The molecule has 0 unspecified atom stereocenters. The van der Waals surface area contributed by atoms with Gasteiger partial charge in [-0.25, -0.2) is 8.42 Å². The number of ether oxygens (including phenoxy) is 3. The smallest absolute Gasteiger partial charge is 0.243 e. The molecule has 0 radical (unpaired) electrons. The van der Waals surface area contributed by atoms with Crippen molar-refractivity contribution in [1.29, 1.82) is 0 Å². The third kappa shape index (κ3) is 6.45. The fourth-order valence-corrected chi connectivity index (χ4v) is 6.64. The maximum atomic E-state index is 13.6. The van der Waals surface area contributed by atoms with E-state index in [2.05, 4.69) is 0 Å². The van der Waals surface area contributed by atoms with E-state index in [9.17, 15) is 13.2 Å². The van der Waals surface area contributed by atoms with Crippen molar-refractivity contribution in [1.82, 2.24) is 9.21 Å². The molecule has 0 aliphatic carbocycles. The molecule has 0 N–H and O–H groups in total. The lowest BCUT2D eigenvalue weighted by Gasteiger charge is -2.37. The molecule has 1 aliphatic heterocycles. The molecule has 11 heteroatoms. The fraction of sp³-hybridized carbons (Fsp3) is 0.346. The van der Waals surface area contributed by atoms with Gasteiger partial charge in [-0.15, -0.1) is 11.3 Å². The number of thiophene rings is 1. The van der Waals surface area contributed by atoms with Gasteiger partial charge in [0.05, 0.1) is 31.2 Å². The molecule has 37 heavy (non-hydrogen) atoms. The van der Waals surface area contributed by atoms with Gasteiger partial charge in [0.15, 0.2) is 0 Å². The Labute approximate surface area is 226 Å². The lowest BCUT2D eigenvalue weighted by Crippen LogP contribution is -2.48. The van der Waals surface area contributed by atoms with Crippen LogP contribution in [-0.4, -0.2) is 70.6 Å². The van der Waals surface area contributed by atoms with Crippen LogP contribution in [0.3, 0.4) is 0 Å². The summed E-state index contributed by atoms with van der Waals surface area (Å²) in [4.78, 5) is 16.6. The summed E-state index contributed by atoms with van der Waals surface area (Å²) in [6.45, 7) is 0.568. The van der Waals surface area contributed by atoms with Gasteiger partial charge in [0.2, 0.25) is 15.9 Å². The van der Waals surface area contributed by atoms with E-state index >= 15 is 0 Å². The minimum Gasteiger partial charge on any atom is -0.497 e. The topological polar surface area (TPSA) is 85.4 Å². The standard InChI is InChI=1S/C26H29ClN2O6S2/c1-33-14-13-28(37(31,32)22-8-6-19(27)7-9-22)17-26(30)29-12-10-25-23(11-15-36-25)24(29)18-35-21-5-3-4-20(16-21)34-2/h3-9,11,15-16,24H,10,12-14,17-18H2,1-2H3/t24-/m0/s1. The number of halogens is 1. The van der Waals surface area contributed by atoms with E-state index in [0.29, 0.717) is 29.5 Å². The maximum Gasteiger partial charge on any atom is 0.243 e. The first kappa shape index (κ1) is 27.4. The average molecular weight is 565 g/mol. The number of nitrogens with zero attached hydrogens (tertiary/aromatic N) is 2. The van der Waals surface area contributed by atoms with E-state index in [1.54, 1.807) is 29.4 Å². The van der Waals surface area contributed by atoms with Crippen LogP contribution in [0.4, 0.5) is 0 Å². The van der Waals surface area contributed by atoms with Crippen molar-refractivity contribution in [2.24, 2.45) is 0 Å². The number of carbonyl (C=O) groups excluding carboxylic acids is 1. The van der Waals surface area contributed by atoms with Crippen molar-refractivity contribution < 1.29 is 27.4 Å². The Hall–Kier alpha value is -2.63. The number of fused-ring (bicyclic) bond motifs is 1. The van der Waals surface area contributed by atoms with Gasteiger partial charge in [-0.3, -0.25) is 4.79 Å². The first-order chi connectivity index (χ1) is 17.8. The minimum atomic E-state index is -3.95. The van der Waals surface area contributed by atoms with Crippen LogP contribution in [0.5, 0.6) is 11.5 Å². The van der Waals surface area contributed by atoms with Crippen molar-refractivity contribution in [3.8, 4) is 11.5 Å². The summed E-state index contributed by atoms with van der Waals surface area (Å²) in [7, 11) is -0.871. The highest BCUT2D eigenvalue weighted by Crippen LogP contribution is 2.34. The molecule has 198 valence electrons. The Morgan fingerprint density at radius 1 is 1.14 bits per heavy atom. The molecule has 1 amide bonds. The zero-order valence-corrected chi connectivity index (χ0v) is 23.0. The largest absolute Gasteiger partial charge is 0.497 e. The molecule has 8 nitrogen and oxygen atoms in total. The van der Waals surface area contributed by atoms with E-state index in [1.165, 1.54) is 36.3 Å². The Bertz CT molecular complexity index is 1310. The van der Waals surface area contributed by atoms with E-state index < -0.39 is 10.0 Å². The van der Waals surface area contributed by atoms with Crippen LogP contribution in [0.15, 0.2) is 64.9 Å². The van der Waals surface area contributed by atoms with E-state index in [0.717, 1.165) is 9.87 Å². The van der Waals surface area contributed by atoms with E-state index in [4.69, 9.17) is 25.8 Å². The molecule has 3 aromatic rings. The van der Waals surface area contributed by atoms with Gasteiger partial charge < -0.3 is 19.1 Å². The Balaban J connectivity index is 1.56. The van der Waals surface area contributed by atoms with Gasteiger partial charge in [0, 0.05) is 36.2 Å². The van der Waals surface area contributed by atoms with E-state index in [-0.39, 0.29) is 43.1 Å². The SMILES string of the molecule is COCCN(CC(=O)N1CCc2sccc2[C@@H]1COc1cccc(OC)c1)S(=O)(=O)c1ccc(Cl)cc1. The number of amides is 1. The van der Waals surface area contributed by atoms with Crippen molar-refractivity contribution in [3.63, 3.8) is 0 Å². The predicted molar refractivity (Wildman–Crippen MR) is 143 cm³/mol. The fourth-order valence-electron chi connectivity index (χ4n) is 4.22. The summed E-state index contributed by atoms with van der Waals surface area (Å²) >= 11 is 7.59. The van der Waals surface area contributed by atoms with Crippen molar-refractivity contribution >= 4 is 38.9 Å². The number of methoxy groups -OCH3 is 2. The van der Waals surface area contributed by atoms with Crippen LogP contribution >= 0.6 is 22.9 Å². The number of rotatable bonds is 11. The monoisotopic (exact) mass is 564 g/mol. The average Bonchev–Trinajstić information content (AvgIpc) is 3.39. The minimum absolute atomic E-state index is 0.0374. The van der Waals surface area contributed by atoms with Crippen LogP contribution in [0.2, 0.25) is 5.02 Å². The van der Waals surface area contributed by atoms with Crippen LogP contribution in [0.1, 0.15) is 16.5 Å². The molecule has 1 aromatic heterocycles. The van der Waals surface area contributed by atoms with Crippen molar-refractivity contribution in [2.75, 3.05) is 47.1 Å². The second kappa shape index (κ2) is 12.3. The summed E-state index contributed by atoms with van der Waals surface area (Å²) < 4.78 is 44.4. The second-order valence-electron chi connectivity index (χ2n) is 8.43. The summed E-state index contributed by atoms with van der Waals surface area (Å²) in [5.74, 6) is 0.998. The zero-order chi connectivity index (χ0) is 26.4. The molecule has 0 saturated heterocycles. The Morgan fingerprint density at radius 2 is 1.89 bits per heavy atom. The molecule has 2 aromatic carbocycles. The highest BCUT2D eigenvalue weighted by Gasteiger charge is 2.35. The lowest BCUT2D eigenvalue weighted by molar-refractivity contribution is -0.135. The van der Waals surface area contributed by atoms with Crippen molar-refractivity contribution in [2.45, 2.75) is 17.4 Å². The maximum absolute atomic E-state index is 13.6. The molecule has 1 aliphatic rings. The zero-order valence-electron chi connectivity index (χ0n) is 20.6. The molecule has 0 bridgehead atoms. The van der Waals surface area contributed by atoms with Gasteiger partial charge in [0.25, 0.3) is 0 Å². The van der Waals surface area contributed by atoms with Crippen LogP contribution in [0, 0.1) is 0 Å². The quantitative estimate of drug-likeness (QED) is 0.346. The second-order valence-corrected chi connectivity index (χ2v) is 11.8. The van der Waals surface area contributed by atoms with Crippen LogP contribution < -0.4 is 9.47 Å². The van der Waals surface area contributed by atoms with Crippen LogP contribution in [0.25, 0.3) is 0 Å². The number of sulfonamides is 1. The van der Waals surface area contributed by atoms with Crippen molar-refractivity contribution in [3.05, 3.63) is 75.4 Å². The first-order valence-corrected chi connectivity index (χ1v) is 14.4. The van der Waals surface area contributed by atoms with Crippen LogP contribution in [-0.2, 0) is 26.0 Å². The molecule has 0 spiro atoms. The summed E-state index contributed by atoms with van der Waals surface area (Å²) in [5.41, 5.74) is 1.02. The highest BCUT2D eigenvalue weighted by atomic mass is 35.5. The van der Waals surface area contributed by atoms with Gasteiger partial charge in [-0.05, 0) is 59.8 Å². The highest BCUT2D eigenvalue weighted by molar-refractivity contribution is 7.89. The number of hydrogen-bond acceptors (Lipinski definition) is 7. The number of carbonyl (C=O) groups is 1. The normalized spacial score (nSPS) is 15.5. The number of benzene rings is 2. The number of hydrogen-bond donors (Lipinski definition) is 0. The summed E-state index contributed by atoms with van der Waals surface area (Å²) in [5, 5.41) is 2.44. The van der Waals surface area contributed by atoms with Gasteiger partial charge in [0.1, 0.15) is 18.1 Å². The summed E-state index contributed by atoms with van der Waals surface area (Å²) in [6.07, 6.45) is 0.705. The molecule has 4 rings (SSSR count). The third-order valence-corrected chi connectivity index (χ3v) is 9.28. The molecular formula is C26H29ClN2O6S2. The van der Waals surface area contributed by atoms with Gasteiger partial charge in [-0.1, -0.05) is 17.7 Å². The molecule has 1 atom stereocenters. The third-order valence-electron chi connectivity index (χ3n) is 6.17. The molecular weight excluding hydrogens is 536 g/mol. The van der Waals surface area contributed by atoms with E-state index in [1.807, 2.05) is 29.6 Å². The summed E-state index contributed by atoms with van der Waals surface area (Å²) in [6, 6.07) is 14.8.